The zero-order valence-corrected chi connectivity index (χ0v) is 14.5. The fourth-order valence-electron chi connectivity index (χ4n) is 3.81. The molecule has 128 valence electrons. The van der Waals surface area contributed by atoms with Gasteiger partial charge in [0, 0.05) is 5.69 Å². The normalized spacial score (nSPS) is 16.5. The fourth-order valence-corrected chi connectivity index (χ4v) is 3.81. The van der Waals surface area contributed by atoms with Crippen LogP contribution in [0.25, 0.3) is 5.69 Å². The molecule has 4 rings (SSSR count). The van der Waals surface area contributed by atoms with E-state index in [0.717, 1.165) is 30.0 Å². The zero-order chi connectivity index (χ0) is 17.1. The molecule has 1 aliphatic carbocycles. The Labute approximate surface area is 148 Å². The van der Waals surface area contributed by atoms with E-state index in [9.17, 15) is 0 Å². The minimum atomic E-state index is -0.231. The summed E-state index contributed by atoms with van der Waals surface area (Å²) in [6.07, 6.45) is 5.70. The number of aryl methyl sites for hydroxylation is 1. The smallest absolute Gasteiger partial charge is 0.181 e. The lowest BCUT2D eigenvalue weighted by molar-refractivity contribution is 0.309. The monoisotopic (exact) mass is 333 g/mol. The lowest BCUT2D eigenvalue weighted by Gasteiger charge is -2.37. The van der Waals surface area contributed by atoms with Gasteiger partial charge >= 0.3 is 0 Å². The molecule has 5 nitrogen and oxygen atoms in total. The lowest BCUT2D eigenvalue weighted by Crippen LogP contribution is -2.40. The van der Waals surface area contributed by atoms with Crippen molar-refractivity contribution in [3.8, 4) is 5.69 Å². The first kappa shape index (κ1) is 15.8. The van der Waals surface area contributed by atoms with Crippen molar-refractivity contribution in [3.05, 3.63) is 66.0 Å². The van der Waals surface area contributed by atoms with E-state index in [1.807, 2.05) is 22.9 Å². The van der Waals surface area contributed by atoms with E-state index >= 15 is 0 Å². The Morgan fingerprint density at radius 1 is 0.920 bits per heavy atom. The van der Waals surface area contributed by atoms with E-state index in [-0.39, 0.29) is 5.54 Å². The largest absolute Gasteiger partial charge is 0.373 e. The average Bonchev–Trinajstić information content (AvgIpc) is 3.14. The Morgan fingerprint density at radius 3 is 2.40 bits per heavy atom. The van der Waals surface area contributed by atoms with Crippen LogP contribution in [0.1, 0.15) is 43.5 Å². The number of nitrogens with zero attached hydrogens (tertiary/aromatic N) is 4. The first-order chi connectivity index (χ1) is 12.3. The summed E-state index contributed by atoms with van der Waals surface area (Å²) in [5.41, 5.74) is 3.10. The molecule has 0 bridgehead atoms. The third-order valence-corrected chi connectivity index (χ3v) is 5.11. The molecule has 2 aromatic carbocycles. The summed E-state index contributed by atoms with van der Waals surface area (Å²) in [5, 5.41) is 16.6. The highest BCUT2D eigenvalue weighted by molar-refractivity contribution is 5.48. The van der Waals surface area contributed by atoms with E-state index in [1.165, 1.54) is 24.8 Å². The van der Waals surface area contributed by atoms with Gasteiger partial charge in [-0.05, 0) is 54.0 Å². The van der Waals surface area contributed by atoms with Gasteiger partial charge in [-0.15, -0.1) is 5.10 Å². The molecule has 25 heavy (non-hydrogen) atoms. The third kappa shape index (κ3) is 3.02. The first-order valence-electron chi connectivity index (χ1n) is 8.97. The molecule has 1 fully saturated rings. The second-order valence-electron chi connectivity index (χ2n) is 6.83. The van der Waals surface area contributed by atoms with Crippen LogP contribution in [0.5, 0.6) is 0 Å². The van der Waals surface area contributed by atoms with Gasteiger partial charge in [-0.3, -0.25) is 0 Å². The van der Waals surface area contributed by atoms with Gasteiger partial charge < -0.3 is 5.32 Å². The molecule has 1 heterocycles. The number of benzene rings is 2. The van der Waals surface area contributed by atoms with Crippen molar-refractivity contribution in [1.29, 1.82) is 0 Å². The van der Waals surface area contributed by atoms with Crippen molar-refractivity contribution in [1.82, 2.24) is 20.2 Å². The first-order valence-corrected chi connectivity index (χ1v) is 8.97. The van der Waals surface area contributed by atoms with E-state index < -0.39 is 0 Å². The van der Waals surface area contributed by atoms with Crippen LogP contribution < -0.4 is 5.32 Å². The van der Waals surface area contributed by atoms with Crippen molar-refractivity contribution in [2.75, 3.05) is 5.32 Å². The van der Waals surface area contributed by atoms with Crippen molar-refractivity contribution in [3.63, 3.8) is 0 Å². The molecule has 5 heteroatoms. The summed E-state index contributed by atoms with van der Waals surface area (Å²) in [5.74, 6) is 0.908. The standard InChI is InChI=1S/C20H23N5/c1-16-10-6-7-13-18(16)25-19(22-23-24-25)20(14-8-3-9-15-20)21-17-11-4-2-5-12-17/h2,4-7,10-13,21H,3,8-9,14-15H2,1H3. The predicted molar refractivity (Wildman–Crippen MR) is 98.7 cm³/mol. The number of para-hydroxylation sites is 2. The second-order valence-corrected chi connectivity index (χ2v) is 6.83. The minimum Gasteiger partial charge on any atom is -0.373 e. The topological polar surface area (TPSA) is 55.6 Å². The number of aromatic nitrogens is 4. The molecule has 0 saturated heterocycles. The number of anilines is 1. The molecule has 0 aliphatic heterocycles. The van der Waals surface area contributed by atoms with Crippen molar-refractivity contribution >= 4 is 5.69 Å². The van der Waals surface area contributed by atoms with Crippen LogP contribution in [0.2, 0.25) is 0 Å². The number of hydrogen-bond acceptors (Lipinski definition) is 4. The Kier molecular flexibility index (Phi) is 4.22. The van der Waals surface area contributed by atoms with Gasteiger partial charge in [0.05, 0.1) is 11.2 Å². The van der Waals surface area contributed by atoms with Gasteiger partial charge in [-0.2, -0.15) is 4.68 Å². The van der Waals surface area contributed by atoms with E-state index in [0.29, 0.717) is 0 Å². The molecule has 0 spiro atoms. The molecule has 0 atom stereocenters. The van der Waals surface area contributed by atoms with Gasteiger partial charge in [0.2, 0.25) is 0 Å². The number of nitrogens with one attached hydrogen (secondary N) is 1. The van der Waals surface area contributed by atoms with Crippen LogP contribution in [-0.2, 0) is 5.54 Å². The molecule has 1 aliphatic rings. The van der Waals surface area contributed by atoms with E-state index in [4.69, 9.17) is 0 Å². The second kappa shape index (κ2) is 6.67. The summed E-state index contributed by atoms with van der Waals surface area (Å²) in [6.45, 7) is 2.10. The quantitative estimate of drug-likeness (QED) is 0.776. The number of hydrogen-bond donors (Lipinski definition) is 1. The number of rotatable bonds is 4. The van der Waals surface area contributed by atoms with Gasteiger partial charge in [-0.25, -0.2) is 0 Å². The molecular weight excluding hydrogens is 310 g/mol. The maximum Gasteiger partial charge on any atom is 0.181 e. The lowest BCUT2D eigenvalue weighted by atomic mass is 9.80. The van der Waals surface area contributed by atoms with Gasteiger partial charge in [0.15, 0.2) is 5.82 Å². The van der Waals surface area contributed by atoms with Crippen LogP contribution in [0, 0.1) is 6.92 Å². The minimum absolute atomic E-state index is 0.231. The van der Waals surface area contributed by atoms with Crippen LogP contribution in [-0.4, -0.2) is 20.2 Å². The van der Waals surface area contributed by atoms with Crippen LogP contribution in [0.3, 0.4) is 0 Å². The molecular formula is C20H23N5. The predicted octanol–water partition coefficient (Wildman–Crippen LogP) is 4.24. The highest BCUT2D eigenvalue weighted by Crippen LogP contribution is 2.39. The highest BCUT2D eigenvalue weighted by atomic mass is 15.6. The third-order valence-electron chi connectivity index (χ3n) is 5.11. The average molecular weight is 333 g/mol. The van der Waals surface area contributed by atoms with Gasteiger partial charge in [-0.1, -0.05) is 55.7 Å². The summed E-state index contributed by atoms with van der Waals surface area (Å²) in [6, 6.07) is 18.6. The highest BCUT2D eigenvalue weighted by Gasteiger charge is 2.39. The fraction of sp³-hybridized carbons (Fsp3) is 0.350. The molecule has 0 radical (unpaired) electrons. The van der Waals surface area contributed by atoms with Gasteiger partial charge in [0.25, 0.3) is 0 Å². The summed E-state index contributed by atoms with van der Waals surface area (Å²) < 4.78 is 1.91. The van der Waals surface area contributed by atoms with Crippen molar-refractivity contribution in [2.24, 2.45) is 0 Å². The van der Waals surface area contributed by atoms with E-state index in [2.05, 4.69) is 64.2 Å². The van der Waals surface area contributed by atoms with Crippen molar-refractivity contribution < 1.29 is 0 Å². The molecule has 1 aromatic heterocycles. The summed E-state index contributed by atoms with van der Waals surface area (Å²) in [7, 11) is 0. The van der Waals surface area contributed by atoms with Crippen LogP contribution >= 0.6 is 0 Å². The summed E-state index contributed by atoms with van der Waals surface area (Å²) >= 11 is 0. The Bertz CT molecular complexity index is 834. The summed E-state index contributed by atoms with van der Waals surface area (Å²) in [4.78, 5) is 0. The molecule has 0 unspecified atom stereocenters. The maximum absolute atomic E-state index is 4.47. The molecule has 1 saturated carbocycles. The molecule has 1 N–H and O–H groups in total. The van der Waals surface area contributed by atoms with Gasteiger partial charge in [0.1, 0.15) is 0 Å². The maximum atomic E-state index is 4.47. The zero-order valence-electron chi connectivity index (χ0n) is 14.5. The van der Waals surface area contributed by atoms with Crippen LogP contribution in [0.15, 0.2) is 54.6 Å². The molecule has 0 amide bonds. The van der Waals surface area contributed by atoms with Crippen molar-refractivity contribution in [2.45, 2.75) is 44.6 Å². The Morgan fingerprint density at radius 2 is 1.64 bits per heavy atom. The van der Waals surface area contributed by atoms with Crippen LogP contribution in [0.4, 0.5) is 5.69 Å². The Hall–Kier alpha value is -2.69. The Balaban J connectivity index is 1.79. The van der Waals surface area contributed by atoms with E-state index in [1.54, 1.807) is 0 Å². The molecule has 3 aromatic rings. The SMILES string of the molecule is Cc1ccccc1-n1nnnc1C1(Nc2ccccc2)CCCCC1. The number of tetrazole rings is 1.